The van der Waals surface area contributed by atoms with Crippen molar-refractivity contribution in [2.45, 2.75) is 32.6 Å². The van der Waals surface area contributed by atoms with Gasteiger partial charge in [-0.15, -0.1) is 0 Å². The Morgan fingerprint density at radius 1 is 0.931 bits per heavy atom. The third-order valence-electron chi connectivity index (χ3n) is 4.59. The molecule has 0 atom stereocenters. The first-order chi connectivity index (χ1) is 13.8. The van der Waals surface area contributed by atoms with E-state index in [0.29, 0.717) is 5.82 Å². The quantitative estimate of drug-likeness (QED) is 0.599. The Labute approximate surface area is 172 Å². The van der Waals surface area contributed by atoms with E-state index in [1.165, 1.54) is 5.56 Å². The fourth-order valence-corrected chi connectivity index (χ4v) is 2.88. The van der Waals surface area contributed by atoms with Crippen molar-refractivity contribution in [3.63, 3.8) is 0 Å². The van der Waals surface area contributed by atoms with Crippen molar-refractivity contribution in [1.29, 1.82) is 0 Å². The van der Waals surface area contributed by atoms with E-state index in [2.05, 4.69) is 60.7 Å². The first kappa shape index (κ1) is 20.4. The van der Waals surface area contributed by atoms with Gasteiger partial charge in [-0.3, -0.25) is 4.79 Å². The fraction of sp³-hybridized carbons (Fsp3) is 0.250. The van der Waals surface area contributed by atoms with E-state index in [0.717, 1.165) is 22.7 Å². The summed E-state index contributed by atoms with van der Waals surface area (Å²) in [5.41, 5.74) is 4.19. The van der Waals surface area contributed by atoms with Crippen LogP contribution in [0.25, 0.3) is 0 Å². The molecule has 0 bridgehead atoms. The van der Waals surface area contributed by atoms with Crippen molar-refractivity contribution in [3.8, 4) is 5.75 Å². The third-order valence-corrected chi connectivity index (χ3v) is 4.59. The normalized spacial score (nSPS) is 11.0. The summed E-state index contributed by atoms with van der Waals surface area (Å²) in [5, 5.41) is 6.15. The lowest BCUT2D eigenvalue weighted by Gasteiger charge is -2.19. The number of nitrogens with zero attached hydrogens (tertiary/aromatic N) is 1. The van der Waals surface area contributed by atoms with Crippen molar-refractivity contribution in [3.05, 3.63) is 78.0 Å². The Morgan fingerprint density at radius 3 is 2.14 bits per heavy atom. The molecule has 0 radical (unpaired) electrons. The van der Waals surface area contributed by atoms with E-state index in [1.807, 2.05) is 30.3 Å². The molecule has 0 aliphatic heterocycles. The number of aromatic nitrogens is 1. The summed E-state index contributed by atoms with van der Waals surface area (Å²) in [6.45, 7) is 6.59. The number of rotatable bonds is 6. The van der Waals surface area contributed by atoms with Gasteiger partial charge in [0.1, 0.15) is 11.6 Å². The van der Waals surface area contributed by atoms with E-state index in [1.54, 1.807) is 19.4 Å². The Balaban J connectivity index is 1.56. The van der Waals surface area contributed by atoms with E-state index in [4.69, 9.17) is 4.74 Å². The van der Waals surface area contributed by atoms with Gasteiger partial charge in [0.2, 0.25) is 5.91 Å². The number of amides is 1. The molecule has 5 nitrogen and oxygen atoms in total. The van der Waals surface area contributed by atoms with Gasteiger partial charge in [0.05, 0.1) is 25.4 Å². The van der Waals surface area contributed by atoms with Crippen LogP contribution in [0.1, 0.15) is 31.9 Å². The first-order valence-corrected chi connectivity index (χ1v) is 9.60. The van der Waals surface area contributed by atoms with Crippen molar-refractivity contribution in [1.82, 2.24) is 4.98 Å². The van der Waals surface area contributed by atoms with Crippen molar-refractivity contribution < 1.29 is 9.53 Å². The summed E-state index contributed by atoms with van der Waals surface area (Å²) < 4.78 is 5.13. The average Bonchev–Trinajstić information content (AvgIpc) is 2.70. The predicted octanol–water partition coefficient (Wildman–Crippen LogP) is 5.31. The number of carbonyl (C=O) groups is 1. The van der Waals surface area contributed by atoms with Gasteiger partial charge in [0.15, 0.2) is 0 Å². The zero-order valence-electron chi connectivity index (χ0n) is 17.3. The number of nitrogens with one attached hydrogen (secondary N) is 2. The molecule has 2 N–H and O–H groups in total. The molecule has 2 aromatic carbocycles. The maximum absolute atomic E-state index is 12.2. The Hall–Kier alpha value is -3.34. The van der Waals surface area contributed by atoms with E-state index in [-0.39, 0.29) is 17.7 Å². The minimum Gasteiger partial charge on any atom is -0.497 e. The monoisotopic (exact) mass is 389 g/mol. The molecule has 3 rings (SSSR count). The van der Waals surface area contributed by atoms with Gasteiger partial charge >= 0.3 is 0 Å². The zero-order valence-corrected chi connectivity index (χ0v) is 17.3. The van der Waals surface area contributed by atoms with Crippen LogP contribution in [0.15, 0.2) is 66.9 Å². The highest BCUT2D eigenvalue weighted by Gasteiger charge is 2.12. The highest BCUT2D eigenvalue weighted by atomic mass is 16.5. The molecule has 0 unspecified atom stereocenters. The SMILES string of the molecule is COc1ccc(CC(=O)Nc2ccc(Nc3ccc(C(C)(C)C)cc3)cn2)cc1. The summed E-state index contributed by atoms with van der Waals surface area (Å²) in [6.07, 6.45) is 1.99. The lowest BCUT2D eigenvalue weighted by Crippen LogP contribution is -2.15. The number of anilines is 3. The van der Waals surface area contributed by atoms with Crippen LogP contribution in [0.4, 0.5) is 17.2 Å². The Morgan fingerprint density at radius 2 is 1.59 bits per heavy atom. The molecule has 0 aliphatic rings. The largest absolute Gasteiger partial charge is 0.497 e. The lowest BCUT2D eigenvalue weighted by atomic mass is 9.87. The summed E-state index contributed by atoms with van der Waals surface area (Å²) in [4.78, 5) is 16.6. The molecule has 0 aliphatic carbocycles. The number of carbonyl (C=O) groups excluding carboxylic acids is 1. The van der Waals surface area contributed by atoms with Gasteiger partial charge in [0, 0.05) is 5.69 Å². The second-order valence-electron chi connectivity index (χ2n) is 7.96. The Kier molecular flexibility index (Phi) is 6.17. The van der Waals surface area contributed by atoms with E-state index < -0.39 is 0 Å². The zero-order chi connectivity index (χ0) is 20.9. The molecule has 1 aromatic heterocycles. The van der Waals surface area contributed by atoms with Crippen LogP contribution in [0.5, 0.6) is 5.75 Å². The number of methoxy groups -OCH3 is 1. The van der Waals surface area contributed by atoms with Crippen molar-refractivity contribution in [2.24, 2.45) is 0 Å². The van der Waals surface area contributed by atoms with Crippen LogP contribution in [-0.2, 0) is 16.6 Å². The molecule has 0 spiro atoms. The van der Waals surface area contributed by atoms with Crippen LogP contribution in [0, 0.1) is 0 Å². The van der Waals surface area contributed by atoms with Crippen LogP contribution in [0.3, 0.4) is 0 Å². The maximum atomic E-state index is 12.2. The Bertz CT molecular complexity index is 941. The molecule has 0 saturated heterocycles. The van der Waals surface area contributed by atoms with E-state index in [9.17, 15) is 4.79 Å². The topological polar surface area (TPSA) is 63.2 Å². The van der Waals surface area contributed by atoms with Crippen molar-refractivity contribution in [2.75, 3.05) is 17.7 Å². The molecular formula is C24H27N3O2. The lowest BCUT2D eigenvalue weighted by molar-refractivity contribution is -0.115. The van der Waals surface area contributed by atoms with Gasteiger partial charge in [-0.05, 0) is 52.9 Å². The van der Waals surface area contributed by atoms with Gasteiger partial charge in [-0.2, -0.15) is 0 Å². The summed E-state index contributed by atoms with van der Waals surface area (Å²) in [6, 6.07) is 19.5. The minimum absolute atomic E-state index is 0.110. The van der Waals surface area contributed by atoms with Gasteiger partial charge in [-0.1, -0.05) is 45.0 Å². The smallest absolute Gasteiger partial charge is 0.229 e. The van der Waals surface area contributed by atoms with E-state index >= 15 is 0 Å². The van der Waals surface area contributed by atoms with Crippen LogP contribution in [0.2, 0.25) is 0 Å². The van der Waals surface area contributed by atoms with Gasteiger partial charge in [-0.25, -0.2) is 4.98 Å². The van der Waals surface area contributed by atoms with Gasteiger partial charge < -0.3 is 15.4 Å². The number of pyridine rings is 1. The number of hydrogen-bond acceptors (Lipinski definition) is 4. The predicted molar refractivity (Wildman–Crippen MR) is 118 cm³/mol. The van der Waals surface area contributed by atoms with Crippen molar-refractivity contribution >= 4 is 23.1 Å². The molecule has 3 aromatic rings. The van der Waals surface area contributed by atoms with Crippen LogP contribution >= 0.6 is 0 Å². The molecule has 29 heavy (non-hydrogen) atoms. The number of ether oxygens (including phenoxy) is 1. The van der Waals surface area contributed by atoms with Gasteiger partial charge in [0.25, 0.3) is 0 Å². The number of hydrogen-bond donors (Lipinski definition) is 2. The second-order valence-corrected chi connectivity index (χ2v) is 7.96. The standard InChI is InChI=1S/C24H27N3O2/c1-24(2,3)18-7-9-19(10-8-18)26-20-11-14-22(25-16-20)27-23(28)15-17-5-12-21(29-4)13-6-17/h5-14,16,26H,15H2,1-4H3,(H,25,27,28). The molecule has 150 valence electrons. The number of benzene rings is 2. The van der Waals surface area contributed by atoms with Crippen LogP contribution in [-0.4, -0.2) is 18.0 Å². The fourth-order valence-electron chi connectivity index (χ4n) is 2.88. The summed E-state index contributed by atoms with van der Waals surface area (Å²) in [7, 11) is 1.62. The average molecular weight is 389 g/mol. The molecule has 0 saturated carbocycles. The molecule has 5 heteroatoms. The maximum Gasteiger partial charge on any atom is 0.229 e. The highest BCUT2D eigenvalue weighted by molar-refractivity contribution is 5.91. The van der Waals surface area contributed by atoms with Crippen LogP contribution < -0.4 is 15.4 Å². The minimum atomic E-state index is -0.110. The molecule has 1 heterocycles. The summed E-state index contributed by atoms with van der Waals surface area (Å²) in [5.74, 6) is 1.19. The summed E-state index contributed by atoms with van der Waals surface area (Å²) >= 11 is 0. The molecule has 0 fully saturated rings. The second kappa shape index (κ2) is 8.78. The molecule has 1 amide bonds. The molecular weight excluding hydrogens is 362 g/mol. The third kappa shape index (κ3) is 5.82. The highest BCUT2D eigenvalue weighted by Crippen LogP contribution is 2.25. The first-order valence-electron chi connectivity index (χ1n) is 9.60.